The van der Waals surface area contributed by atoms with Crippen molar-refractivity contribution in [1.82, 2.24) is 19.9 Å². The van der Waals surface area contributed by atoms with Gasteiger partial charge in [-0.1, -0.05) is 97.1 Å². The summed E-state index contributed by atoms with van der Waals surface area (Å²) in [5.74, 6) is 1.82. The Morgan fingerprint density at radius 3 is 1.81 bits per heavy atom. The maximum atomic E-state index is 6.79. The highest BCUT2D eigenvalue weighted by Crippen LogP contribution is 2.43. The molecule has 6 aromatic carbocycles. The summed E-state index contributed by atoms with van der Waals surface area (Å²) in [5, 5.41) is 5.42. The Kier molecular flexibility index (Phi) is 5.85. The van der Waals surface area contributed by atoms with Crippen molar-refractivity contribution in [2.45, 2.75) is 0 Å². The van der Waals surface area contributed by atoms with E-state index in [1.165, 1.54) is 15.5 Å². The van der Waals surface area contributed by atoms with Gasteiger partial charge in [-0.25, -0.2) is 19.9 Å². The maximum Gasteiger partial charge on any atom is 0.167 e. The van der Waals surface area contributed by atoms with Crippen molar-refractivity contribution in [3.63, 3.8) is 0 Å². The van der Waals surface area contributed by atoms with Crippen LogP contribution < -0.4 is 0 Å². The average Bonchev–Trinajstić information content (AvgIpc) is 3.85. The summed E-state index contributed by atoms with van der Waals surface area (Å²) in [6.07, 6.45) is 0. The molecule has 0 spiro atoms. The van der Waals surface area contributed by atoms with Crippen LogP contribution >= 0.6 is 22.7 Å². The Morgan fingerprint density at radius 1 is 0.404 bits per heavy atom. The second kappa shape index (κ2) is 10.4. The predicted molar refractivity (Wildman–Crippen MR) is 195 cm³/mol. The van der Waals surface area contributed by atoms with E-state index in [9.17, 15) is 0 Å². The molecule has 220 valence electrons. The molecule has 5 nitrogen and oxygen atoms in total. The highest BCUT2D eigenvalue weighted by atomic mass is 32.1. The van der Waals surface area contributed by atoms with E-state index in [1.54, 1.807) is 22.7 Å². The average molecular weight is 639 g/mol. The third-order valence-electron chi connectivity index (χ3n) is 8.60. The zero-order valence-corrected chi connectivity index (χ0v) is 26.3. The van der Waals surface area contributed by atoms with Crippen LogP contribution in [0.1, 0.15) is 0 Å². The summed E-state index contributed by atoms with van der Waals surface area (Å²) >= 11 is 3.44. The lowest BCUT2D eigenvalue weighted by molar-refractivity contribution is 0.670. The van der Waals surface area contributed by atoms with E-state index in [2.05, 4.69) is 78.9 Å². The number of thiazole rings is 1. The van der Waals surface area contributed by atoms with Gasteiger partial charge in [0.05, 0.1) is 21.3 Å². The molecule has 0 amide bonds. The minimum absolute atomic E-state index is 0.568. The van der Waals surface area contributed by atoms with Crippen molar-refractivity contribution < 1.29 is 4.42 Å². The Bertz CT molecular complexity index is 2780. The summed E-state index contributed by atoms with van der Waals surface area (Å²) in [5.41, 5.74) is 6.24. The zero-order valence-electron chi connectivity index (χ0n) is 24.7. The first-order chi connectivity index (χ1) is 23.3. The fourth-order valence-electron chi connectivity index (χ4n) is 6.41. The van der Waals surface area contributed by atoms with Crippen LogP contribution in [0.15, 0.2) is 138 Å². The molecule has 10 rings (SSSR count). The maximum absolute atomic E-state index is 6.79. The van der Waals surface area contributed by atoms with Crippen LogP contribution in [0.5, 0.6) is 0 Å². The number of rotatable bonds is 4. The minimum Gasteiger partial charge on any atom is -0.455 e. The summed E-state index contributed by atoms with van der Waals surface area (Å²) in [4.78, 5) is 20.2. The van der Waals surface area contributed by atoms with Crippen molar-refractivity contribution in [3.05, 3.63) is 133 Å². The number of fused-ring (bicyclic) bond motifs is 7. The third-order valence-corrected chi connectivity index (χ3v) is 10.9. The fraction of sp³-hybridized carbons (Fsp3) is 0. The highest BCUT2D eigenvalue weighted by Gasteiger charge is 2.21. The van der Waals surface area contributed by atoms with Gasteiger partial charge in [0.15, 0.2) is 17.5 Å². The van der Waals surface area contributed by atoms with Gasteiger partial charge in [-0.3, -0.25) is 0 Å². The Labute approximate surface area is 276 Å². The molecule has 0 unspecified atom stereocenters. The molecule has 0 saturated heterocycles. The Balaban J connectivity index is 1.22. The molecule has 4 heterocycles. The number of benzene rings is 6. The molecule has 0 aliphatic rings. The SMILES string of the molecule is c1ccc(-c2nc(-c3cccc4c3oc3c(-c5nc6ccccc6s5)cccc34)nc(-c3cccc4c3sc3ccccc34)n2)cc1. The Hall–Kier alpha value is -5.76. The molecule has 0 aliphatic carbocycles. The van der Waals surface area contributed by atoms with E-state index in [4.69, 9.17) is 24.4 Å². The smallest absolute Gasteiger partial charge is 0.167 e. The first kappa shape index (κ1) is 26.5. The van der Waals surface area contributed by atoms with Crippen LogP contribution in [0, 0.1) is 0 Å². The minimum atomic E-state index is 0.568. The summed E-state index contributed by atoms with van der Waals surface area (Å²) in [6, 6.07) is 45.7. The van der Waals surface area contributed by atoms with Crippen LogP contribution in [0.2, 0.25) is 0 Å². The molecule has 0 N–H and O–H groups in total. The quantitative estimate of drug-likeness (QED) is 0.192. The summed E-state index contributed by atoms with van der Waals surface area (Å²) < 4.78 is 10.3. The number of hydrogen-bond donors (Lipinski definition) is 0. The molecule has 0 atom stereocenters. The normalized spacial score (nSPS) is 11.8. The highest BCUT2D eigenvalue weighted by molar-refractivity contribution is 7.26. The number of aromatic nitrogens is 4. The lowest BCUT2D eigenvalue weighted by Gasteiger charge is -2.09. The van der Waals surface area contributed by atoms with Gasteiger partial charge in [0.25, 0.3) is 0 Å². The van der Waals surface area contributed by atoms with Crippen LogP contribution in [0.4, 0.5) is 0 Å². The number of para-hydroxylation sites is 3. The van der Waals surface area contributed by atoms with Gasteiger partial charge in [-0.15, -0.1) is 22.7 Å². The van der Waals surface area contributed by atoms with Crippen molar-refractivity contribution in [2.75, 3.05) is 0 Å². The van der Waals surface area contributed by atoms with Crippen molar-refractivity contribution >= 4 is 75.0 Å². The van der Waals surface area contributed by atoms with Crippen LogP contribution in [0.3, 0.4) is 0 Å². The topological polar surface area (TPSA) is 64.7 Å². The zero-order chi connectivity index (χ0) is 30.9. The van der Waals surface area contributed by atoms with Crippen LogP contribution in [0.25, 0.3) is 97.1 Å². The van der Waals surface area contributed by atoms with Crippen molar-refractivity contribution in [1.29, 1.82) is 0 Å². The van der Waals surface area contributed by atoms with Crippen molar-refractivity contribution in [3.8, 4) is 44.7 Å². The number of thiophene rings is 1. The molecular formula is C40H22N4OS2. The van der Waals surface area contributed by atoms with Crippen LogP contribution in [-0.4, -0.2) is 19.9 Å². The lowest BCUT2D eigenvalue weighted by Crippen LogP contribution is -2.00. The fourth-order valence-corrected chi connectivity index (χ4v) is 8.61. The lowest BCUT2D eigenvalue weighted by atomic mass is 10.1. The van der Waals surface area contributed by atoms with E-state index < -0.39 is 0 Å². The largest absolute Gasteiger partial charge is 0.455 e. The molecule has 0 fully saturated rings. The molecule has 0 saturated carbocycles. The second-order valence-electron chi connectivity index (χ2n) is 11.4. The van der Waals surface area contributed by atoms with E-state index in [-0.39, 0.29) is 0 Å². The molecular weight excluding hydrogens is 617 g/mol. The van der Waals surface area contributed by atoms with E-state index in [0.29, 0.717) is 17.5 Å². The predicted octanol–water partition coefficient (Wildman–Crippen LogP) is 11.4. The van der Waals surface area contributed by atoms with E-state index in [1.807, 2.05) is 54.6 Å². The number of furan rings is 1. The second-order valence-corrected chi connectivity index (χ2v) is 13.5. The number of nitrogens with zero attached hydrogens (tertiary/aromatic N) is 4. The number of hydrogen-bond acceptors (Lipinski definition) is 7. The Morgan fingerprint density at radius 2 is 1.00 bits per heavy atom. The molecule has 7 heteroatoms. The van der Waals surface area contributed by atoms with Gasteiger partial charge in [0.1, 0.15) is 16.2 Å². The molecule has 0 aliphatic heterocycles. The van der Waals surface area contributed by atoms with E-state index in [0.717, 1.165) is 64.1 Å². The monoisotopic (exact) mass is 638 g/mol. The van der Waals surface area contributed by atoms with Gasteiger partial charge in [-0.05, 0) is 36.4 Å². The van der Waals surface area contributed by atoms with Gasteiger partial charge in [0, 0.05) is 42.1 Å². The van der Waals surface area contributed by atoms with Crippen LogP contribution in [-0.2, 0) is 0 Å². The van der Waals surface area contributed by atoms with Gasteiger partial charge >= 0.3 is 0 Å². The standard InChI is InChI=1S/C40H22N4OS2/c1-2-11-23(12-3-1)37-42-38(44-39(43-37)30-19-10-16-27-24-13-4-6-21-32(24)46-36(27)30)28-17-8-14-25-26-15-9-18-29(35(26)45-34(25)28)40-41-31-20-5-7-22-33(31)47-40/h1-22H. The summed E-state index contributed by atoms with van der Waals surface area (Å²) in [7, 11) is 0. The molecule has 10 aromatic rings. The first-order valence-electron chi connectivity index (χ1n) is 15.3. The molecule has 0 radical (unpaired) electrons. The molecule has 0 bridgehead atoms. The van der Waals surface area contributed by atoms with Gasteiger partial charge in [0.2, 0.25) is 0 Å². The van der Waals surface area contributed by atoms with Gasteiger partial charge in [-0.2, -0.15) is 0 Å². The molecule has 47 heavy (non-hydrogen) atoms. The third kappa shape index (κ3) is 4.21. The van der Waals surface area contributed by atoms with Gasteiger partial charge < -0.3 is 4.42 Å². The molecule has 4 aromatic heterocycles. The summed E-state index contributed by atoms with van der Waals surface area (Å²) in [6.45, 7) is 0. The van der Waals surface area contributed by atoms with Crippen molar-refractivity contribution in [2.24, 2.45) is 0 Å². The van der Waals surface area contributed by atoms with E-state index >= 15 is 0 Å². The first-order valence-corrected chi connectivity index (χ1v) is 16.9.